The summed E-state index contributed by atoms with van der Waals surface area (Å²) in [5.41, 5.74) is 4.51. The SMILES string of the molecule is Cc1cc(C(C)/C=N/OC(C)(C)C)ccc1OCc1c(C2CC2)cccc1-n1nnn(C)c1=O. The van der Waals surface area contributed by atoms with E-state index in [2.05, 4.69) is 40.7 Å². The molecule has 0 spiro atoms. The molecule has 2 aromatic carbocycles. The number of benzene rings is 2. The molecule has 1 heterocycles. The fourth-order valence-corrected chi connectivity index (χ4v) is 3.82. The highest BCUT2D eigenvalue weighted by Crippen LogP contribution is 2.43. The maximum atomic E-state index is 12.5. The second-order valence-corrected chi connectivity index (χ2v) is 9.98. The Hall–Kier alpha value is -3.42. The van der Waals surface area contributed by atoms with Crippen molar-refractivity contribution in [3.8, 4) is 11.4 Å². The largest absolute Gasteiger partial charge is 0.489 e. The molecule has 0 N–H and O–H groups in total. The maximum absolute atomic E-state index is 12.5. The topological polar surface area (TPSA) is 83.5 Å². The van der Waals surface area contributed by atoms with E-state index in [9.17, 15) is 4.79 Å². The Morgan fingerprint density at radius 2 is 1.97 bits per heavy atom. The number of aryl methyl sites for hydroxylation is 2. The number of rotatable bonds is 8. The van der Waals surface area contributed by atoms with E-state index in [0.717, 1.165) is 41.0 Å². The standard InChI is InChI=1S/C26H33N5O3/c1-17-14-20(18(2)15-27-34-26(3,4)5)12-13-24(17)33-16-22-21(19-10-11-19)8-7-9-23(22)31-25(32)30(6)28-29-31/h7-9,12-15,18-19H,10-11,16H2,1-6H3/b27-15+. The van der Waals surface area contributed by atoms with Crippen LogP contribution in [-0.4, -0.2) is 31.6 Å². The van der Waals surface area contributed by atoms with Crippen LogP contribution in [0.5, 0.6) is 5.75 Å². The van der Waals surface area contributed by atoms with E-state index in [-0.39, 0.29) is 17.2 Å². The predicted octanol–water partition coefficient (Wildman–Crippen LogP) is 4.64. The van der Waals surface area contributed by atoms with E-state index >= 15 is 0 Å². The second-order valence-electron chi connectivity index (χ2n) is 9.98. The van der Waals surface area contributed by atoms with Crippen molar-refractivity contribution in [2.75, 3.05) is 0 Å². The maximum Gasteiger partial charge on any atom is 0.368 e. The first-order valence-corrected chi connectivity index (χ1v) is 11.7. The smallest absolute Gasteiger partial charge is 0.368 e. The van der Waals surface area contributed by atoms with Crippen molar-refractivity contribution in [1.29, 1.82) is 0 Å². The molecule has 4 rings (SSSR count). The van der Waals surface area contributed by atoms with E-state index in [1.165, 1.54) is 14.9 Å². The Bertz CT molecular complexity index is 1250. The first kappa shape index (κ1) is 23.7. The summed E-state index contributed by atoms with van der Waals surface area (Å²) in [4.78, 5) is 18.0. The van der Waals surface area contributed by atoms with Gasteiger partial charge in [0.25, 0.3) is 0 Å². The molecule has 1 fully saturated rings. The molecular formula is C26H33N5O3. The Kier molecular flexibility index (Phi) is 6.59. The van der Waals surface area contributed by atoms with Crippen LogP contribution in [0, 0.1) is 6.92 Å². The van der Waals surface area contributed by atoms with Gasteiger partial charge < -0.3 is 9.57 Å². The van der Waals surface area contributed by atoms with Gasteiger partial charge in [0.05, 0.1) is 11.9 Å². The summed E-state index contributed by atoms with van der Waals surface area (Å²) >= 11 is 0. The van der Waals surface area contributed by atoms with Crippen LogP contribution in [0.1, 0.15) is 74.6 Å². The van der Waals surface area contributed by atoms with Crippen molar-refractivity contribution in [2.24, 2.45) is 12.2 Å². The summed E-state index contributed by atoms with van der Waals surface area (Å²) in [6.45, 7) is 10.4. The molecule has 3 aromatic rings. The van der Waals surface area contributed by atoms with Gasteiger partial charge in [-0.3, -0.25) is 0 Å². The Morgan fingerprint density at radius 3 is 2.59 bits per heavy atom. The summed E-state index contributed by atoms with van der Waals surface area (Å²) in [5.74, 6) is 1.42. The minimum absolute atomic E-state index is 0.112. The zero-order chi connectivity index (χ0) is 24.5. The van der Waals surface area contributed by atoms with Crippen LogP contribution >= 0.6 is 0 Å². The molecule has 1 aliphatic rings. The van der Waals surface area contributed by atoms with Gasteiger partial charge in [0, 0.05) is 18.5 Å². The summed E-state index contributed by atoms with van der Waals surface area (Å²) in [6, 6.07) is 12.2. The molecule has 0 aliphatic heterocycles. The summed E-state index contributed by atoms with van der Waals surface area (Å²) in [6.07, 6.45) is 4.12. The predicted molar refractivity (Wildman–Crippen MR) is 132 cm³/mol. The van der Waals surface area contributed by atoms with Crippen molar-refractivity contribution >= 4 is 6.21 Å². The van der Waals surface area contributed by atoms with Gasteiger partial charge in [-0.2, -0.15) is 9.36 Å². The molecule has 1 unspecified atom stereocenters. The number of tetrazole rings is 1. The van der Waals surface area contributed by atoms with Crippen molar-refractivity contribution in [1.82, 2.24) is 19.8 Å². The number of oxime groups is 1. The van der Waals surface area contributed by atoms with Crippen LogP contribution in [0.3, 0.4) is 0 Å². The fourth-order valence-electron chi connectivity index (χ4n) is 3.82. The van der Waals surface area contributed by atoms with Crippen LogP contribution in [-0.2, 0) is 18.5 Å². The molecule has 1 aliphatic carbocycles. The van der Waals surface area contributed by atoms with E-state index in [4.69, 9.17) is 9.57 Å². The summed E-state index contributed by atoms with van der Waals surface area (Å²) < 4.78 is 8.86. The molecular weight excluding hydrogens is 430 g/mol. The molecule has 0 bridgehead atoms. The highest BCUT2D eigenvalue weighted by atomic mass is 16.6. The monoisotopic (exact) mass is 463 g/mol. The molecule has 1 atom stereocenters. The lowest BCUT2D eigenvalue weighted by Gasteiger charge is -2.17. The minimum Gasteiger partial charge on any atom is -0.489 e. The lowest BCUT2D eigenvalue weighted by atomic mass is 10.00. The van der Waals surface area contributed by atoms with Crippen molar-refractivity contribution in [3.63, 3.8) is 0 Å². The van der Waals surface area contributed by atoms with Crippen LogP contribution in [0.25, 0.3) is 5.69 Å². The number of aromatic nitrogens is 4. The summed E-state index contributed by atoms with van der Waals surface area (Å²) in [7, 11) is 1.60. The Labute approximate surface area is 200 Å². The van der Waals surface area contributed by atoms with Crippen LogP contribution in [0.4, 0.5) is 0 Å². The van der Waals surface area contributed by atoms with Crippen molar-refractivity contribution < 1.29 is 9.57 Å². The average Bonchev–Trinajstić information content (AvgIpc) is 3.57. The quantitative estimate of drug-likeness (QED) is 0.359. The van der Waals surface area contributed by atoms with Gasteiger partial charge in [-0.15, -0.1) is 0 Å². The van der Waals surface area contributed by atoms with Gasteiger partial charge in [-0.05, 0) is 85.7 Å². The fraction of sp³-hybridized carbons (Fsp3) is 0.462. The van der Waals surface area contributed by atoms with Crippen molar-refractivity contribution in [3.05, 3.63) is 69.1 Å². The van der Waals surface area contributed by atoms with Gasteiger partial charge in [0.15, 0.2) is 0 Å². The normalized spacial score (nSPS) is 15.0. The first-order valence-electron chi connectivity index (χ1n) is 11.7. The van der Waals surface area contributed by atoms with Gasteiger partial charge in [0.1, 0.15) is 18.0 Å². The molecule has 0 amide bonds. The van der Waals surface area contributed by atoms with E-state index in [0.29, 0.717) is 12.5 Å². The molecule has 0 radical (unpaired) electrons. The highest BCUT2D eigenvalue weighted by Gasteiger charge is 2.28. The van der Waals surface area contributed by atoms with E-state index in [1.807, 2.05) is 52.1 Å². The van der Waals surface area contributed by atoms with E-state index in [1.54, 1.807) is 7.05 Å². The second kappa shape index (κ2) is 9.44. The number of nitrogens with zero attached hydrogens (tertiary/aromatic N) is 5. The number of hydrogen-bond acceptors (Lipinski definition) is 6. The third kappa shape index (κ3) is 5.38. The van der Waals surface area contributed by atoms with Crippen LogP contribution in [0.2, 0.25) is 0 Å². The minimum atomic E-state index is -0.310. The molecule has 34 heavy (non-hydrogen) atoms. The summed E-state index contributed by atoms with van der Waals surface area (Å²) in [5, 5.41) is 12.1. The van der Waals surface area contributed by atoms with Gasteiger partial charge in [0.2, 0.25) is 0 Å². The number of hydrogen-bond donors (Lipinski definition) is 0. The molecule has 1 saturated carbocycles. The van der Waals surface area contributed by atoms with Crippen LogP contribution in [0.15, 0.2) is 46.3 Å². The third-order valence-corrected chi connectivity index (χ3v) is 5.86. The zero-order valence-corrected chi connectivity index (χ0v) is 20.8. The van der Waals surface area contributed by atoms with Gasteiger partial charge in [-0.1, -0.05) is 36.3 Å². The first-order chi connectivity index (χ1) is 16.1. The highest BCUT2D eigenvalue weighted by molar-refractivity contribution is 5.67. The Morgan fingerprint density at radius 1 is 1.21 bits per heavy atom. The van der Waals surface area contributed by atoms with Crippen molar-refractivity contribution in [2.45, 2.75) is 71.5 Å². The zero-order valence-electron chi connectivity index (χ0n) is 20.8. The Balaban J connectivity index is 1.55. The lowest BCUT2D eigenvalue weighted by molar-refractivity contribution is 0.00147. The van der Waals surface area contributed by atoms with Gasteiger partial charge in [-0.25, -0.2) is 4.79 Å². The van der Waals surface area contributed by atoms with Crippen LogP contribution < -0.4 is 10.4 Å². The lowest BCUT2D eigenvalue weighted by Crippen LogP contribution is -2.23. The average molecular weight is 464 g/mol. The third-order valence-electron chi connectivity index (χ3n) is 5.86. The number of ether oxygens (including phenoxy) is 1. The molecule has 8 heteroatoms. The molecule has 8 nitrogen and oxygen atoms in total. The van der Waals surface area contributed by atoms with E-state index < -0.39 is 0 Å². The van der Waals surface area contributed by atoms with Gasteiger partial charge >= 0.3 is 5.69 Å². The molecule has 0 saturated heterocycles. The molecule has 1 aromatic heterocycles. The molecule has 180 valence electrons.